The number of pyridine rings is 2. The van der Waals surface area contributed by atoms with Gasteiger partial charge in [-0.25, -0.2) is 9.97 Å². The van der Waals surface area contributed by atoms with Gasteiger partial charge in [0.05, 0.1) is 30.8 Å². The van der Waals surface area contributed by atoms with Crippen LogP contribution >= 0.6 is 0 Å². The highest BCUT2D eigenvalue weighted by molar-refractivity contribution is 5.63. The van der Waals surface area contributed by atoms with E-state index in [0.717, 1.165) is 42.4 Å². The molecule has 1 aliphatic rings. The molecule has 4 heterocycles. The zero-order valence-corrected chi connectivity index (χ0v) is 15.6. The number of nitrogens with one attached hydrogen (secondary N) is 2. The van der Waals surface area contributed by atoms with Crippen LogP contribution in [-0.4, -0.2) is 45.7 Å². The van der Waals surface area contributed by atoms with Crippen molar-refractivity contribution in [2.24, 2.45) is 0 Å². The molecule has 142 valence electrons. The minimum Gasteiger partial charge on any atom is -0.496 e. The molecule has 2 atom stereocenters. The summed E-state index contributed by atoms with van der Waals surface area (Å²) < 4.78 is 7.33. The van der Waals surface area contributed by atoms with Gasteiger partial charge in [0.1, 0.15) is 17.2 Å². The summed E-state index contributed by atoms with van der Waals surface area (Å²) in [6, 6.07) is 8.20. The normalized spacial score (nSPS) is 18.4. The number of anilines is 1. The molecule has 0 spiro atoms. The first kappa shape index (κ1) is 17.8. The van der Waals surface area contributed by atoms with Crippen LogP contribution in [0.4, 0.5) is 5.82 Å². The molecule has 7 nitrogen and oxygen atoms in total. The molecule has 1 fully saturated rings. The van der Waals surface area contributed by atoms with Gasteiger partial charge in [0.15, 0.2) is 0 Å². The van der Waals surface area contributed by atoms with Gasteiger partial charge in [0.25, 0.3) is 0 Å². The first-order chi connectivity index (χ1) is 13.2. The number of imidazole rings is 1. The largest absolute Gasteiger partial charge is 0.496 e. The summed E-state index contributed by atoms with van der Waals surface area (Å²) in [5, 5.41) is 17.0. The first-order valence-electron chi connectivity index (χ1n) is 9.33. The second-order valence-electron chi connectivity index (χ2n) is 6.94. The third-order valence-electron chi connectivity index (χ3n) is 4.97. The van der Waals surface area contributed by atoms with Crippen molar-refractivity contribution in [3.05, 3.63) is 42.2 Å². The summed E-state index contributed by atoms with van der Waals surface area (Å²) in [5.41, 5.74) is 3.17. The van der Waals surface area contributed by atoms with Crippen LogP contribution in [0.25, 0.3) is 17.0 Å². The highest BCUT2D eigenvalue weighted by Gasteiger charge is 2.16. The van der Waals surface area contributed by atoms with E-state index in [1.807, 2.05) is 34.9 Å². The summed E-state index contributed by atoms with van der Waals surface area (Å²) in [7, 11) is 1.60. The highest BCUT2D eigenvalue weighted by Crippen LogP contribution is 2.29. The average molecular weight is 367 g/mol. The second-order valence-corrected chi connectivity index (χ2v) is 6.94. The van der Waals surface area contributed by atoms with E-state index in [9.17, 15) is 5.11 Å². The molecule has 0 aromatic carbocycles. The predicted octanol–water partition coefficient (Wildman–Crippen LogP) is 2.62. The Bertz CT molecular complexity index is 931. The molecule has 3 aromatic heterocycles. The van der Waals surface area contributed by atoms with Crippen molar-refractivity contribution in [3.63, 3.8) is 0 Å². The molecule has 1 saturated heterocycles. The second kappa shape index (κ2) is 7.54. The monoisotopic (exact) mass is 367 g/mol. The Morgan fingerprint density at radius 3 is 3.04 bits per heavy atom. The third kappa shape index (κ3) is 3.61. The quantitative estimate of drug-likeness (QED) is 0.643. The SMILES string of the molecule is COc1cc2ncc(-c3cccc(NC4CCCNC4)n3)n2cc1C(C)O. The number of aromatic nitrogens is 3. The minimum atomic E-state index is -0.639. The molecule has 0 amide bonds. The van der Waals surface area contributed by atoms with Gasteiger partial charge < -0.3 is 20.5 Å². The number of aliphatic hydroxyl groups excluding tert-OH is 1. The van der Waals surface area contributed by atoms with E-state index in [1.54, 1.807) is 20.2 Å². The van der Waals surface area contributed by atoms with Crippen LogP contribution in [0.1, 0.15) is 31.4 Å². The summed E-state index contributed by atoms with van der Waals surface area (Å²) in [6.07, 6.45) is 5.35. The lowest BCUT2D eigenvalue weighted by Crippen LogP contribution is -2.38. The maximum absolute atomic E-state index is 10.1. The van der Waals surface area contributed by atoms with Crippen LogP contribution < -0.4 is 15.4 Å². The third-order valence-corrected chi connectivity index (χ3v) is 4.97. The van der Waals surface area contributed by atoms with Crippen LogP contribution in [0.5, 0.6) is 5.75 Å². The zero-order valence-electron chi connectivity index (χ0n) is 15.6. The fraction of sp³-hybridized carbons (Fsp3) is 0.400. The maximum Gasteiger partial charge on any atom is 0.140 e. The van der Waals surface area contributed by atoms with Crippen molar-refractivity contribution in [2.75, 3.05) is 25.5 Å². The van der Waals surface area contributed by atoms with Crippen molar-refractivity contribution >= 4 is 11.5 Å². The molecule has 4 rings (SSSR count). The van der Waals surface area contributed by atoms with Crippen LogP contribution in [0.3, 0.4) is 0 Å². The average Bonchev–Trinajstić information content (AvgIpc) is 3.11. The Hall–Kier alpha value is -2.64. The van der Waals surface area contributed by atoms with Crippen LogP contribution in [-0.2, 0) is 0 Å². The predicted molar refractivity (Wildman–Crippen MR) is 105 cm³/mol. The first-order valence-corrected chi connectivity index (χ1v) is 9.33. The van der Waals surface area contributed by atoms with Crippen molar-refractivity contribution < 1.29 is 9.84 Å². The lowest BCUT2D eigenvalue weighted by atomic mass is 10.1. The summed E-state index contributed by atoms with van der Waals surface area (Å²) in [6.45, 7) is 3.77. The summed E-state index contributed by atoms with van der Waals surface area (Å²) >= 11 is 0. The van der Waals surface area contributed by atoms with E-state index < -0.39 is 6.10 Å². The molecule has 0 saturated carbocycles. The highest BCUT2D eigenvalue weighted by atomic mass is 16.5. The smallest absolute Gasteiger partial charge is 0.140 e. The number of methoxy groups -OCH3 is 1. The number of aliphatic hydroxyl groups is 1. The van der Waals surface area contributed by atoms with Crippen LogP contribution in [0.15, 0.2) is 36.7 Å². The van der Waals surface area contributed by atoms with Gasteiger partial charge >= 0.3 is 0 Å². The molecule has 27 heavy (non-hydrogen) atoms. The number of piperidine rings is 1. The molecule has 0 bridgehead atoms. The molecular weight excluding hydrogens is 342 g/mol. The van der Waals surface area contributed by atoms with E-state index in [1.165, 1.54) is 6.42 Å². The molecule has 2 unspecified atom stereocenters. The molecule has 0 radical (unpaired) electrons. The molecule has 7 heteroatoms. The Morgan fingerprint density at radius 2 is 2.30 bits per heavy atom. The zero-order chi connectivity index (χ0) is 18.8. The summed E-state index contributed by atoms with van der Waals surface area (Å²) in [5.74, 6) is 1.49. The molecule has 0 aliphatic carbocycles. The number of hydrogen-bond donors (Lipinski definition) is 3. The van der Waals surface area contributed by atoms with Crippen molar-refractivity contribution in [2.45, 2.75) is 31.9 Å². The van der Waals surface area contributed by atoms with Crippen molar-refractivity contribution in [1.29, 1.82) is 0 Å². The van der Waals surface area contributed by atoms with E-state index in [-0.39, 0.29) is 0 Å². The fourth-order valence-corrected chi connectivity index (χ4v) is 3.54. The minimum absolute atomic E-state index is 0.398. The van der Waals surface area contributed by atoms with Crippen LogP contribution in [0, 0.1) is 0 Å². The summed E-state index contributed by atoms with van der Waals surface area (Å²) in [4.78, 5) is 9.26. The van der Waals surface area contributed by atoms with Crippen molar-refractivity contribution in [3.8, 4) is 17.1 Å². The number of hydrogen-bond acceptors (Lipinski definition) is 6. The molecule has 3 N–H and O–H groups in total. The van der Waals surface area contributed by atoms with E-state index in [2.05, 4.69) is 15.6 Å². The van der Waals surface area contributed by atoms with Gasteiger partial charge in [0, 0.05) is 30.4 Å². The number of rotatable bonds is 5. The van der Waals surface area contributed by atoms with E-state index >= 15 is 0 Å². The Kier molecular flexibility index (Phi) is 4.96. The van der Waals surface area contributed by atoms with Crippen molar-refractivity contribution in [1.82, 2.24) is 19.7 Å². The Morgan fingerprint density at radius 1 is 1.41 bits per heavy atom. The lowest BCUT2D eigenvalue weighted by molar-refractivity contribution is 0.193. The van der Waals surface area contributed by atoms with Gasteiger partial charge in [-0.2, -0.15) is 0 Å². The van der Waals surface area contributed by atoms with Gasteiger partial charge in [-0.1, -0.05) is 6.07 Å². The Labute approximate surface area is 158 Å². The van der Waals surface area contributed by atoms with Gasteiger partial charge in [-0.3, -0.25) is 4.40 Å². The Balaban J connectivity index is 1.69. The maximum atomic E-state index is 10.1. The standard InChI is InChI=1S/C20H25N5O2/c1-13(26)15-12-25-17(11-22-20(25)9-18(15)27-2)16-6-3-7-19(24-16)23-14-5-4-8-21-10-14/h3,6-7,9,11-14,21,26H,4-5,8,10H2,1-2H3,(H,23,24). The lowest BCUT2D eigenvalue weighted by Gasteiger charge is -2.24. The molecule has 1 aliphatic heterocycles. The molecule has 3 aromatic rings. The van der Waals surface area contributed by atoms with Crippen LogP contribution in [0.2, 0.25) is 0 Å². The number of fused-ring (bicyclic) bond motifs is 1. The van der Waals surface area contributed by atoms with E-state index in [4.69, 9.17) is 9.72 Å². The number of nitrogens with zero attached hydrogens (tertiary/aromatic N) is 3. The number of ether oxygens (including phenoxy) is 1. The topological polar surface area (TPSA) is 83.7 Å². The van der Waals surface area contributed by atoms with Gasteiger partial charge in [-0.05, 0) is 38.4 Å². The van der Waals surface area contributed by atoms with Gasteiger partial charge in [-0.15, -0.1) is 0 Å². The van der Waals surface area contributed by atoms with Gasteiger partial charge in [0.2, 0.25) is 0 Å². The van der Waals surface area contributed by atoms with E-state index in [0.29, 0.717) is 17.4 Å². The fourth-order valence-electron chi connectivity index (χ4n) is 3.54. The molecular formula is C20H25N5O2.